The fourth-order valence-corrected chi connectivity index (χ4v) is 2.94. The fourth-order valence-electron chi connectivity index (χ4n) is 2.94. The molecule has 0 spiro atoms. The molecule has 0 bridgehead atoms. The third kappa shape index (κ3) is 3.04. The molecule has 0 aromatic heterocycles. The number of benzene rings is 1. The first-order valence-corrected chi connectivity index (χ1v) is 7.34. The highest BCUT2D eigenvalue weighted by atomic mass is 16.8. The molecule has 1 heterocycles. The van der Waals surface area contributed by atoms with Gasteiger partial charge in [-0.3, -0.25) is 0 Å². The number of rotatable bonds is 3. The van der Waals surface area contributed by atoms with E-state index in [2.05, 4.69) is 0 Å². The molecule has 4 heteroatoms. The van der Waals surface area contributed by atoms with Gasteiger partial charge in [-0.05, 0) is 31.9 Å². The van der Waals surface area contributed by atoms with Crippen molar-refractivity contribution in [3.63, 3.8) is 0 Å². The van der Waals surface area contributed by atoms with Crippen LogP contribution in [0.2, 0.25) is 0 Å². The van der Waals surface area contributed by atoms with Gasteiger partial charge in [0.05, 0.1) is 6.61 Å². The van der Waals surface area contributed by atoms with E-state index < -0.39 is 11.9 Å². The average Bonchev–Trinajstić information content (AvgIpc) is 2.79. The van der Waals surface area contributed by atoms with E-state index in [1.54, 1.807) is 0 Å². The van der Waals surface area contributed by atoms with E-state index in [-0.39, 0.29) is 18.3 Å². The van der Waals surface area contributed by atoms with Crippen LogP contribution >= 0.6 is 0 Å². The lowest BCUT2D eigenvalue weighted by molar-refractivity contribution is -0.161. The minimum Gasteiger partial charge on any atom is -0.387 e. The van der Waals surface area contributed by atoms with Crippen molar-refractivity contribution in [1.29, 1.82) is 0 Å². The van der Waals surface area contributed by atoms with Crippen LogP contribution in [-0.4, -0.2) is 35.3 Å². The molecule has 1 aromatic rings. The first kappa shape index (κ1) is 14.7. The predicted octanol–water partition coefficient (Wildman–Crippen LogP) is 2.41. The van der Waals surface area contributed by atoms with Crippen molar-refractivity contribution in [3.05, 3.63) is 47.5 Å². The van der Waals surface area contributed by atoms with Gasteiger partial charge in [-0.2, -0.15) is 0 Å². The normalized spacial score (nSPS) is 34.4. The first-order chi connectivity index (χ1) is 9.96. The molecule has 1 fully saturated rings. The van der Waals surface area contributed by atoms with Gasteiger partial charge in [-0.15, -0.1) is 0 Å². The molecule has 4 nitrogen and oxygen atoms in total. The monoisotopic (exact) mass is 290 g/mol. The molecule has 0 radical (unpaired) electrons. The third-order valence-electron chi connectivity index (χ3n) is 3.96. The van der Waals surface area contributed by atoms with Crippen LogP contribution in [-0.2, 0) is 20.8 Å². The molecule has 3 rings (SSSR count). The molecular weight excluding hydrogens is 268 g/mol. The highest BCUT2D eigenvalue weighted by molar-refractivity contribution is 5.21. The van der Waals surface area contributed by atoms with Crippen molar-refractivity contribution in [1.82, 2.24) is 0 Å². The molecule has 0 unspecified atom stereocenters. The van der Waals surface area contributed by atoms with Crippen LogP contribution in [0, 0.1) is 0 Å². The Morgan fingerprint density at radius 2 is 1.90 bits per heavy atom. The molecule has 114 valence electrons. The van der Waals surface area contributed by atoms with E-state index in [1.165, 1.54) is 0 Å². The van der Waals surface area contributed by atoms with Gasteiger partial charge < -0.3 is 19.3 Å². The van der Waals surface area contributed by atoms with Crippen LogP contribution in [0.4, 0.5) is 0 Å². The zero-order chi connectivity index (χ0) is 15.0. The second-order valence-electron chi connectivity index (χ2n) is 6.18. The van der Waals surface area contributed by atoms with E-state index in [4.69, 9.17) is 14.2 Å². The zero-order valence-electron chi connectivity index (χ0n) is 12.7. The van der Waals surface area contributed by atoms with E-state index in [0.29, 0.717) is 6.61 Å². The Morgan fingerprint density at radius 1 is 1.19 bits per heavy atom. The summed E-state index contributed by atoms with van der Waals surface area (Å²) < 4.78 is 17.5. The Kier molecular flexibility index (Phi) is 3.88. The number of fused-ring (bicyclic) bond motifs is 1. The lowest BCUT2D eigenvalue weighted by Crippen LogP contribution is -2.47. The maximum Gasteiger partial charge on any atom is 0.164 e. The van der Waals surface area contributed by atoms with Gasteiger partial charge in [0.2, 0.25) is 0 Å². The largest absolute Gasteiger partial charge is 0.387 e. The maximum absolute atomic E-state index is 10.5. The fraction of sp³-hybridized carbons (Fsp3) is 0.529. The standard InChI is InChI=1S/C17H22O4/c1-11-9-13(19-10-12-7-5-4-6-8-12)14(18)16-15(11)20-17(2,3)21-16/h4-9,13-16,18H,10H2,1-3H3/t13-,14+,15+,16-/m0/s1. The van der Waals surface area contributed by atoms with Crippen molar-refractivity contribution in [2.45, 2.75) is 57.6 Å². The molecule has 0 amide bonds. The summed E-state index contributed by atoms with van der Waals surface area (Å²) in [5.41, 5.74) is 2.13. The second kappa shape index (κ2) is 5.54. The van der Waals surface area contributed by atoms with Gasteiger partial charge in [0, 0.05) is 0 Å². The number of aliphatic hydroxyl groups is 1. The molecular formula is C17H22O4. The molecule has 2 aliphatic rings. The first-order valence-electron chi connectivity index (χ1n) is 7.34. The maximum atomic E-state index is 10.5. The Morgan fingerprint density at radius 3 is 2.62 bits per heavy atom. The number of hydrogen-bond donors (Lipinski definition) is 1. The highest BCUT2D eigenvalue weighted by Gasteiger charge is 2.49. The topological polar surface area (TPSA) is 47.9 Å². The smallest absolute Gasteiger partial charge is 0.164 e. The summed E-state index contributed by atoms with van der Waals surface area (Å²) >= 11 is 0. The van der Waals surface area contributed by atoms with Gasteiger partial charge in [-0.25, -0.2) is 0 Å². The Balaban J connectivity index is 1.70. The van der Waals surface area contributed by atoms with Gasteiger partial charge in [0.15, 0.2) is 5.79 Å². The Hall–Kier alpha value is -1.20. The van der Waals surface area contributed by atoms with Gasteiger partial charge in [-0.1, -0.05) is 36.4 Å². The van der Waals surface area contributed by atoms with Crippen molar-refractivity contribution >= 4 is 0 Å². The van der Waals surface area contributed by atoms with Crippen molar-refractivity contribution in [2.24, 2.45) is 0 Å². The quantitative estimate of drug-likeness (QED) is 0.869. The van der Waals surface area contributed by atoms with Crippen molar-refractivity contribution in [3.8, 4) is 0 Å². The summed E-state index contributed by atoms with van der Waals surface area (Å²) in [5.74, 6) is -0.667. The Labute approximate surface area is 125 Å². The van der Waals surface area contributed by atoms with Crippen LogP contribution in [0.5, 0.6) is 0 Å². The molecule has 1 aromatic carbocycles. The molecule has 0 saturated carbocycles. The van der Waals surface area contributed by atoms with Crippen LogP contribution in [0.25, 0.3) is 0 Å². The van der Waals surface area contributed by atoms with E-state index >= 15 is 0 Å². The highest BCUT2D eigenvalue weighted by Crippen LogP contribution is 2.38. The minimum atomic E-state index is -0.718. The summed E-state index contributed by atoms with van der Waals surface area (Å²) in [6.07, 6.45) is 0.296. The van der Waals surface area contributed by atoms with Gasteiger partial charge >= 0.3 is 0 Å². The van der Waals surface area contributed by atoms with E-state index in [9.17, 15) is 5.11 Å². The number of ether oxygens (including phenoxy) is 3. The zero-order valence-corrected chi connectivity index (χ0v) is 12.7. The van der Waals surface area contributed by atoms with Crippen molar-refractivity contribution in [2.75, 3.05) is 0 Å². The van der Waals surface area contributed by atoms with Crippen LogP contribution in [0.3, 0.4) is 0 Å². The predicted molar refractivity (Wildman–Crippen MR) is 78.6 cm³/mol. The summed E-state index contributed by atoms with van der Waals surface area (Å²) in [6.45, 7) is 6.19. The van der Waals surface area contributed by atoms with Crippen LogP contribution in [0.15, 0.2) is 42.0 Å². The van der Waals surface area contributed by atoms with Crippen LogP contribution in [0.1, 0.15) is 26.3 Å². The molecule has 1 saturated heterocycles. The molecule has 4 atom stereocenters. The third-order valence-corrected chi connectivity index (χ3v) is 3.96. The van der Waals surface area contributed by atoms with E-state index in [1.807, 2.05) is 57.2 Å². The minimum absolute atomic E-state index is 0.188. The van der Waals surface area contributed by atoms with Gasteiger partial charge in [0.25, 0.3) is 0 Å². The lowest BCUT2D eigenvalue weighted by atomic mass is 9.90. The number of hydrogen-bond acceptors (Lipinski definition) is 4. The van der Waals surface area contributed by atoms with Crippen molar-refractivity contribution < 1.29 is 19.3 Å². The summed E-state index contributed by atoms with van der Waals surface area (Å²) in [6, 6.07) is 9.94. The van der Waals surface area contributed by atoms with Crippen LogP contribution < -0.4 is 0 Å². The number of aliphatic hydroxyl groups excluding tert-OH is 1. The lowest BCUT2D eigenvalue weighted by Gasteiger charge is -2.33. The second-order valence-corrected chi connectivity index (χ2v) is 6.18. The summed E-state index contributed by atoms with van der Waals surface area (Å²) in [4.78, 5) is 0. The summed E-state index contributed by atoms with van der Waals surface area (Å²) in [7, 11) is 0. The van der Waals surface area contributed by atoms with Gasteiger partial charge in [0.1, 0.15) is 24.4 Å². The Bertz CT molecular complexity index is 523. The molecule has 1 N–H and O–H groups in total. The molecule has 1 aliphatic carbocycles. The van der Waals surface area contributed by atoms with E-state index in [0.717, 1.165) is 11.1 Å². The average molecular weight is 290 g/mol. The summed E-state index contributed by atoms with van der Waals surface area (Å²) in [5, 5.41) is 10.5. The SMILES string of the molecule is CC1=C[C@H](OCc2ccccc2)[C@@H](O)[C@@H]2OC(C)(C)O[C@H]12. The molecule has 1 aliphatic heterocycles. The molecule has 21 heavy (non-hydrogen) atoms.